The van der Waals surface area contributed by atoms with Crippen LogP contribution in [0.3, 0.4) is 0 Å². The molecule has 0 saturated heterocycles. The van der Waals surface area contributed by atoms with Crippen molar-refractivity contribution in [2.24, 2.45) is 4.36 Å². The maximum Gasteiger partial charge on any atom is 0.418 e. The molecule has 11 nitrogen and oxygen atoms in total. The van der Waals surface area contributed by atoms with Gasteiger partial charge in [0.25, 0.3) is 11.8 Å². The van der Waals surface area contributed by atoms with Crippen LogP contribution in [0.1, 0.15) is 48.0 Å². The van der Waals surface area contributed by atoms with E-state index in [0.29, 0.717) is 6.20 Å². The second-order valence-electron chi connectivity index (χ2n) is 10.4. The van der Waals surface area contributed by atoms with E-state index in [-0.39, 0.29) is 22.0 Å². The number of carbonyl (C=O) groups excluding carboxylic acids is 3. The predicted molar refractivity (Wildman–Crippen MR) is 151 cm³/mol. The number of nitrogens with one attached hydrogen (secondary N) is 2. The predicted octanol–water partition coefficient (Wildman–Crippen LogP) is 5.80. The highest BCUT2D eigenvalue weighted by Gasteiger charge is 2.36. The summed E-state index contributed by atoms with van der Waals surface area (Å²) < 4.78 is 82.1. The van der Waals surface area contributed by atoms with E-state index >= 15 is 0 Å². The molecule has 1 aromatic carbocycles. The Morgan fingerprint density at radius 3 is 2.36 bits per heavy atom. The molecule has 0 saturated carbocycles. The summed E-state index contributed by atoms with van der Waals surface area (Å²) in [6.45, 7) is 6.76. The summed E-state index contributed by atoms with van der Waals surface area (Å²) in [6, 6.07) is 7.50. The maximum atomic E-state index is 13.7. The molecule has 0 fully saturated rings. The number of amides is 3. The molecular weight excluding hydrogens is 610 g/mol. The summed E-state index contributed by atoms with van der Waals surface area (Å²) in [5, 5.41) is 4.64. The SMILES string of the molecule is Cc1nc(F)ccc1Oc1ncc(C(F)(F)F)c(C)c1C(=O)Nc1cccc([S@@](C)(=O)=NC(=O)CNC(=O)OC(C)(C)C)c1. The Morgan fingerprint density at radius 2 is 1.75 bits per heavy atom. The topological polar surface area (TPSA) is 149 Å². The number of halogens is 4. The highest BCUT2D eigenvalue weighted by molar-refractivity contribution is 7.93. The fourth-order valence-electron chi connectivity index (χ4n) is 3.68. The van der Waals surface area contributed by atoms with Gasteiger partial charge < -0.3 is 20.1 Å². The van der Waals surface area contributed by atoms with Gasteiger partial charge in [0, 0.05) is 23.0 Å². The van der Waals surface area contributed by atoms with Crippen molar-refractivity contribution in [1.82, 2.24) is 15.3 Å². The van der Waals surface area contributed by atoms with E-state index in [0.717, 1.165) is 19.2 Å². The maximum absolute atomic E-state index is 13.7. The third kappa shape index (κ3) is 8.95. The molecule has 0 aliphatic rings. The van der Waals surface area contributed by atoms with E-state index in [9.17, 15) is 36.2 Å². The van der Waals surface area contributed by atoms with E-state index in [2.05, 4.69) is 25.0 Å². The van der Waals surface area contributed by atoms with Gasteiger partial charge in [-0.15, -0.1) is 0 Å². The summed E-state index contributed by atoms with van der Waals surface area (Å²) in [6.07, 6.45) is -4.05. The third-order valence-corrected chi connectivity index (χ3v) is 7.31. The first-order chi connectivity index (χ1) is 20.3. The van der Waals surface area contributed by atoms with Crippen LogP contribution in [0.5, 0.6) is 11.6 Å². The molecular formula is C28H29F4N5O6S. The van der Waals surface area contributed by atoms with Crippen molar-refractivity contribution >= 4 is 33.3 Å². The number of aromatic nitrogens is 2. The fraction of sp³-hybridized carbons (Fsp3) is 0.321. The summed E-state index contributed by atoms with van der Waals surface area (Å²) in [4.78, 5) is 44.8. The Balaban J connectivity index is 1.91. The highest BCUT2D eigenvalue weighted by atomic mass is 32.2. The molecule has 0 spiro atoms. The van der Waals surface area contributed by atoms with Crippen LogP contribution in [0.25, 0.3) is 0 Å². The van der Waals surface area contributed by atoms with E-state index in [1.807, 2.05) is 0 Å². The monoisotopic (exact) mass is 639 g/mol. The minimum Gasteiger partial charge on any atom is -0.444 e. The van der Waals surface area contributed by atoms with E-state index < -0.39 is 74.5 Å². The fourth-order valence-corrected chi connectivity index (χ4v) is 4.92. The molecule has 16 heteroatoms. The van der Waals surface area contributed by atoms with Crippen molar-refractivity contribution in [3.63, 3.8) is 0 Å². The van der Waals surface area contributed by atoms with Gasteiger partial charge in [-0.05, 0) is 70.5 Å². The Kier molecular flexibility index (Phi) is 9.98. The van der Waals surface area contributed by atoms with Crippen LogP contribution < -0.4 is 15.4 Å². The van der Waals surface area contributed by atoms with Crippen molar-refractivity contribution in [2.45, 2.75) is 51.3 Å². The lowest BCUT2D eigenvalue weighted by molar-refractivity contribution is -0.138. The molecule has 44 heavy (non-hydrogen) atoms. The van der Waals surface area contributed by atoms with Crippen LogP contribution in [0, 0.1) is 19.8 Å². The largest absolute Gasteiger partial charge is 0.444 e. The molecule has 1 atom stereocenters. The van der Waals surface area contributed by atoms with Gasteiger partial charge in [-0.1, -0.05) is 6.07 Å². The molecule has 2 heterocycles. The van der Waals surface area contributed by atoms with Crippen LogP contribution in [0.4, 0.5) is 28.0 Å². The third-order valence-electron chi connectivity index (χ3n) is 5.63. The first kappa shape index (κ1) is 33.9. The highest BCUT2D eigenvalue weighted by Crippen LogP contribution is 2.37. The zero-order valence-corrected chi connectivity index (χ0v) is 25.3. The Morgan fingerprint density at radius 1 is 1.07 bits per heavy atom. The van der Waals surface area contributed by atoms with Crippen LogP contribution >= 0.6 is 0 Å². The van der Waals surface area contributed by atoms with Gasteiger partial charge in [0.2, 0.25) is 11.8 Å². The minimum atomic E-state index is -4.85. The lowest BCUT2D eigenvalue weighted by Crippen LogP contribution is -2.35. The molecule has 3 rings (SSSR count). The number of rotatable bonds is 7. The van der Waals surface area contributed by atoms with Gasteiger partial charge in [0.15, 0.2) is 5.75 Å². The van der Waals surface area contributed by atoms with Crippen molar-refractivity contribution in [3.05, 3.63) is 70.9 Å². The summed E-state index contributed by atoms with van der Waals surface area (Å²) in [5.41, 5.74) is -3.01. The molecule has 2 N–H and O–H groups in total. The average molecular weight is 640 g/mol. The van der Waals surface area contributed by atoms with E-state index in [1.165, 1.54) is 37.3 Å². The molecule has 0 aliphatic heterocycles. The van der Waals surface area contributed by atoms with Gasteiger partial charge in [-0.25, -0.2) is 19.0 Å². The van der Waals surface area contributed by atoms with E-state index in [1.54, 1.807) is 20.8 Å². The zero-order valence-electron chi connectivity index (χ0n) is 24.5. The first-order valence-corrected chi connectivity index (χ1v) is 14.7. The van der Waals surface area contributed by atoms with Gasteiger partial charge in [-0.2, -0.15) is 21.9 Å². The normalized spacial score (nSPS) is 13.0. The molecule has 0 aliphatic carbocycles. The number of alkyl halides is 3. The molecule has 3 amide bonds. The Bertz CT molecular complexity index is 1730. The standard InChI is InChI=1S/C28H29F4N5O6S/c1-15-19(28(30,31)32)13-33-25(42-20-10-11-21(29)35-16(20)2)23(15)24(39)36-17-8-7-9-18(12-17)44(6,41)37-22(38)14-34-26(40)43-27(3,4)5/h7-13H,14H2,1-6H3,(H,34,40)(H,36,39)/t44-/m1/s1. The molecule has 0 unspecified atom stereocenters. The summed E-state index contributed by atoms with van der Waals surface area (Å²) >= 11 is 0. The van der Waals surface area contributed by atoms with Gasteiger partial charge in [0.1, 0.15) is 17.7 Å². The second kappa shape index (κ2) is 13.0. The number of benzene rings is 1. The lowest BCUT2D eigenvalue weighted by Gasteiger charge is -2.19. The zero-order chi connectivity index (χ0) is 33.0. The van der Waals surface area contributed by atoms with Crippen molar-refractivity contribution in [2.75, 3.05) is 18.1 Å². The van der Waals surface area contributed by atoms with Gasteiger partial charge >= 0.3 is 12.3 Å². The molecule has 3 aromatic rings. The average Bonchev–Trinajstić information content (AvgIpc) is 2.87. The first-order valence-electron chi connectivity index (χ1n) is 12.8. The number of anilines is 1. The van der Waals surface area contributed by atoms with E-state index in [4.69, 9.17) is 9.47 Å². The number of carbonyl (C=O) groups is 3. The van der Waals surface area contributed by atoms with Crippen molar-refractivity contribution < 1.29 is 45.6 Å². The Hall–Kier alpha value is -4.60. The number of aryl methyl sites for hydroxylation is 1. The molecule has 0 radical (unpaired) electrons. The minimum absolute atomic E-state index is 0.000930. The number of pyridine rings is 2. The number of nitrogens with zero attached hydrogens (tertiary/aromatic N) is 3. The van der Waals surface area contributed by atoms with Crippen LogP contribution in [0.2, 0.25) is 0 Å². The van der Waals surface area contributed by atoms with Gasteiger partial charge in [-0.3, -0.25) is 9.59 Å². The van der Waals surface area contributed by atoms with Crippen LogP contribution in [-0.2, 0) is 25.4 Å². The van der Waals surface area contributed by atoms with Crippen LogP contribution in [0.15, 0.2) is 51.9 Å². The smallest absolute Gasteiger partial charge is 0.418 e. The Labute approximate surface area is 250 Å². The summed E-state index contributed by atoms with van der Waals surface area (Å²) in [7, 11) is -3.40. The van der Waals surface area contributed by atoms with Crippen LogP contribution in [-0.4, -0.2) is 50.5 Å². The molecule has 236 valence electrons. The van der Waals surface area contributed by atoms with Crippen molar-refractivity contribution in [3.8, 4) is 11.6 Å². The number of alkyl carbamates (subject to hydrolysis) is 1. The number of hydrogen-bond donors (Lipinski definition) is 2. The molecule has 0 bridgehead atoms. The van der Waals surface area contributed by atoms with Gasteiger partial charge in [0.05, 0.1) is 21.0 Å². The summed E-state index contributed by atoms with van der Waals surface area (Å²) in [5.74, 6) is -3.34. The number of hydrogen-bond acceptors (Lipinski definition) is 8. The molecule has 2 aromatic heterocycles. The van der Waals surface area contributed by atoms with Crippen molar-refractivity contribution in [1.29, 1.82) is 0 Å². The second-order valence-corrected chi connectivity index (χ2v) is 12.7. The lowest BCUT2D eigenvalue weighted by atomic mass is 10.0. The quantitative estimate of drug-likeness (QED) is 0.243. The number of ether oxygens (including phenoxy) is 2.